The van der Waals surface area contributed by atoms with Crippen molar-refractivity contribution in [1.82, 2.24) is 29.5 Å². The van der Waals surface area contributed by atoms with Crippen LogP contribution in [-0.2, 0) is 4.79 Å². The van der Waals surface area contributed by atoms with E-state index in [1.807, 2.05) is 16.8 Å². The molecule has 4 heterocycles. The third-order valence-corrected chi connectivity index (χ3v) is 7.04. The van der Waals surface area contributed by atoms with E-state index in [0.29, 0.717) is 33.6 Å². The molecule has 0 aliphatic heterocycles. The Morgan fingerprint density at radius 1 is 1.13 bits per heavy atom. The van der Waals surface area contributed by atoms with Gasteiger partial charge in [-0.05, 0) is 43.6 Å². The minimum Gasteiger partial charge on any atom is -0.481 e. The predicted molar refractivity (Wildman–Crippen MR) is 111 cm³/mol. The number of carbonyl (C=O) groups is 1. The summed E-state index contributed by atoms with van der Waals surface area (Å²) in [5.74, 6) is -0.0270. The molecule has 4 aromatic heterocycles. The van der Waals surface area contributed by atoms with Gasteiger partial charge < -0.3 is 14.7 Å². The molecule has 8 nitrogen and oxygen atoms in total. The molecule has 0 spiro atoms. The van der Waals surface area contributed by atoms with Gasteiger partial charge in [-0.15, -0.1) is 0 Å². The number of rotatable bonds is 3. The number of imidazole rings is 1. The molecule has 7 rings (SSSR count). The van der Waals surface area contributed by atoms with Crippen LogP contribution in [0.25, 0.3) is 33.6 Å². The van der Waals surface area contributed by atoms with Crippen molar-refractivity contribution in [2.75, 3.05) is 0 Å². The summed E-state index contributed by atoms with van der Waals surface area (Å²) in [4.78, 5) is 33.3. The molecule has 0 saturated heterocycles. The monoisotopic (exact) mass is 422 g/mol. The Kier molecular flexibility index (Phi) is 3.86. The van der Waals surface area contributed by atoms with Crippen molar-refractivity contribution in [2.24, 2.45) is 17.8 Å². The number of halogens is 1. The minimum atomic E-state index is -0.720. The molecule has 0 aromatic carbocycles. The van der Waals surface area contributed by atoms with Crippen LogP contribution >= 0.6 is 11.6 Å². The first kappa shape index (κ1) is 17.8. The van der Waals surface area contributed by atoms with E-state index in [2.05, 4.69) is 19.9 Å². The molecule has 0 radical (unpaired) electrons. The number of aromatic amines is 1. The van der Waals surface area contributed by atoms with Gasteiger partial charge in [0.2, 0.25) is 0 Å². The van der Waals surface area contributed by atoms with Crippen LogP contribution in [0.5, 0.6) is 0 Å². The Morgan fingerprint density at radius 2 is 1.93 bits per heavy atom. The number of H-pyrrole nitrogens is 1. The van der Waals surface area contributed by atoms with Gasteiger partial charge in [0.05, 0.1) is 29.5 Å². The zero-order chi connectivity index (χ0) is 20.4. The average Bonchev–Trinajstić information content (AvgIpc) is 3.37. The molecule has 9 heteroatoms. The summed E-state index contributed by atoms with van der Waals surface area (Å²) in [5, 5.41) is 11.3. The lowest BCUT2D eigenvalue weighted by Crippen LogP contribution is -2.44. The number of aromatic nitrogens is 6. The Hall–Kier alpha value is -3.00. The Morgan fingerprint density at radius 3 is 2.73 bits per heavy atom. The summed E-state index contributed by atoms with van der Waals surface area (Å²) in [7, 11) is 0. The number of carboxylic acid groups (broad SMARTS) is 1. The molecule has 30 heavy (non-hydrogen) atoms. The van der Waals surface area contributed by atoms with Crippen molar-refractivity contribution in [3.8, 4) is 11.4 Å². The lowest BCUT2D eigenvalue weighted by molar-refractivity contribution is -0.151. The Bertz CT molecular complexity index is 1290. The summed E-state index contributed by atoms with van der Waals surface area (Å²) < 4.78 is 1.98. The van der Waals surface area contributed by atoms with Crippen molar-refractivity contribution in [3.63, 3.8) is 0 Å². The molecular weight excluding hydrogens is 404 g/mol. The SMILES string of the molecule is O=C(O)[C@H]1C2CCC(CC2)[C@@H]1n1cnc2cnc(-c3c[nH]c4ncc(Cl)cc34)nc21. The van der Waals surface area contributed by atoms with E-state index >= 15 is 0 Å². The topological polar surface area (TPSA) is 110 Å². The van der Waals surface area contributed by atoms with Gasteiger partial charge in [0, 0.05) is 23.3 Å². The molecule has 0 amide bonds. The standard InChI is InChI=1S/C21H19ClN6O2/c22-12-5-13-14(7-24-18(13)23-6-12)19-25-8-15-20(27-19)28(9-26-15)17-11-3-1-10(2-4-11)16(17)21(29)30/h5-11,16-17H,1-4H2,(H,23,24)(H,29,30)/t10?,11?,16-,17-/m0/s1. The predicted octanol–water partition coefficient (Wildman–Crippen LogP) is 4.08. The van der Waals surface area contributed by atoms with Gasteiger partial charge in [-0.25, -0.2) is 19.9 Å². The van der Waals surface area contributed by atoms with E-state index in [4.69, 9.17) is 16.6 Å². The largest absolute Gasteiger partial charge is 0.481 e. The smallest absolute Gasteiger partial charge is 0.308 e. The maximum absolute atomic E-state index is 12.1. The molecule has 3 aliphatic rings. The lowest BCUT2D eigenvalue weighted by Gasteiger charge is -2.47. The van der Waals surface area contributed by atoms with Crippen LogP contribution in [-0.4, -0.2) is 40.6 Å². The molecule has 2 N–H and O–H groups in total. The molecule has 2 atom stereocenters. The van der Waals surface area contributed by atoms with Crippen LogP contribution in [0.15, 0.2) is 31.0 Å². The number of aliphatic carboxylic acids is 1. The van der Waals surface area contributed by atoms with E-state index in [1.165, 1.54) is 0 Å². The molecule has 3 aliphatic carbocycles. The minimum absolute atomic E-state index is 0.123. The number of nitrogens with zero attached hydrogens (tertiary/aromatic N) is 5. The highest BCUT2D eigenvalue weighted by molar-refractivity contribution is 6.31. The second kappa shape index (κ2) is 6.50. The summed E-state index contributed by atoms with van der Waals surface area (Å²) >= 11 is 6.13. The van der Waals surface area contributed by atoms with Crippen LogP contribution in [0.3, 0.4) is 0 Å². The van der Waals surface area contributed by atoms with Gasteiger partial charge >= 0.3 is 5.97 Å². The first-order valence-corrected chi connectivity index (χ1v) is 10.5. The normalized spacial score (nSPS) is 25.9. The van der Waals surface area contributed by atoms with E-state index in [9.17, 15) is 9.90 Å². The van der Waals surface area contributed by atoms with Gasteiger partial charge in [-0.2, -0.15) is 0 Å². The molecule has 2 bridgehead atoms. The highest BCUT2D eigenvalue weighted by Crippen LogP contribution is 2.51. The van der Waals surface area contributed by atoms with Gasteiger partial charge in [0.1, 0.15) is 11.2 Å². The zero-order valence-corrected chi connectivity index (χ0v) is 16.8. The summed E-state index contributed by atoms with van der Waals surface area (Å²) in [6.07, 6.45) is 10.9. The molecule has 3 saturated carbocycles. The second-order valence-electron chi connectivity index (χ2n) is 8.34. The summed E-state index contributed by atoms with van der Waals surface area (Å²) in [6.45, 7) is 0. The number of fused-ring (bicyclic) bond motifs is 5. The van der Waals surface area contributed by atoms with Gasteiger partial charge in [0.25, 0.3) is 0 Å². The molecule has 152 valence electrons. The Balaban J connectivity index is 1.50. The molecule has 4 aromatic rings. The maximum atomic E-state index is 12.1. The first-order chi connectivity index (χ1) is 14.6. The zero-order valence-electron chi connectivity index (χ0n) is 16.0. The van der Waals surface area contributed by atoms with Gasteiger partial charge in [-0.3, -0.25) is 4.79 Å². The number of hydrogen-bond acceptors (Lipinski definition) is 5. The quantitative estimate of drug-likeness (QED) is 0.514. The number of hydrogen-bond donors (Lipinski definition) is 2. The van der Waals surface area contributed by atoms with E-state index in [-0.39, 0.29) is 12.0 Å². The molecular formula is C21H19ClN6O2. The third kappa shape index (κ3) is 2.56. The van der Waals surface area contributed by atoms with Crippen LogP contribution in [0.1, 0.15) is 31.7 Å². The highest BCUT2D eigenvalue weighted by atomic mass is 35.5. The fraction of sp³-hybridized carbons (Fsp3) is 0.381. The van der Waals surface area contributed by atoms with Crippen LogP contribution in [0.4, 0.5) is 0 Å². The van der Waals surface area contributed by atoms with Crippen molar-refractivity contribution < 1.29 is 9.90 Å². The molecule has 3 fully saturated rings. The average molecular weight is 423 g/mol. The van der Waals surface area contributed by atoms with Crippen molar-refractivity contribution in [2.45, 2.75) is 31.7 Å². The fourth-order valence-electron chi connectivity index (χ4n) is 5.50. The number of nitrogens with one attached hydrogen (secondary N) is 1. The lowest BCUT2D eigenvalue weighted by atomic mass is 9.61. The van der Waals surface area contributed by atoms with Gasteiger partial charge in [-0.1, -0.05) is 11.6 Å². The second-order valence-corrected chi connectivity index (χ2v) is 8.77. The number of carboxylic acids is 1. The molecule has 0 unspecified atom stereocenters. The summed E-state index contributed by atoms with van der Waals surface area (Å²) in [5.41, 5.74) is 2.85. The van der Waals surface area contributed by atoms with E-state index in [1.54, 1.807) is 18.7 Å². The third-order valence-electron chi connectivity index (χ3n) is 6.84. The van der Waals surface area contributed by atoms with Crippen LogP contribution < -0.4 is 0 Å². The Labute approximate surface area is 176 Å². The maximum Gasteiger partial charge on any atom is 0.308 e. The number of pyridine rings is 1. The van der Waals surface area contributed by atoms with E-state index < -0.39 is 11.9 Å². The van der Waals surface area contributed by atoms with Crippen molar-refractivity contribution in [1.29, 1.82) is 0 Å². The first-order valence-electron chi connectivity index (χ1n) is 10.2. The highest BCUT2D eigenvalue weighted by Gasteiger charge is 2.48. The van der Waals surface area contributed by atoms with Crippen molar-refractivity contribution >= 4 is 39.8 Å². The fourth-order valence-corrected chi connectivity index (χ4v) is 5.66. The van der Waals surface area contributed by atoms with Crippen LogP contribution in [0.2, 0.25) is 5.02 Å². The van der Waals surface area contributed by atoms with Crippen molar-refractivity contribution in [3.05, 3.63) is 36.0 Å². The van der Waals surface area contributed by atoms with E-state index in [0.717, 1.165) is 36.6 Å². The van der Waals surface area contributed by atoms with Gasteiger partial charge in [0.15, 0.2) is 11.5 Å². The van der Waals surface area contributed by atoms with Crippen LogP contribution in [0, 0.1) is 17.8 Å². The summed E-state index contributed by atoms with van der Waals surface area (Å²) in [6, 6.07) is 1.71.